The summed E-state index contributed by atoms with van der Waals surface area (Å²) in [5, 5.41) is 8.26. The van der Waals surface area contributed by atoms with E-state index in [1.54, 1.807) is 6.07 Å². The van der Waals surface area contributed by atoms with Crippen LogP contribution in [-0.2, 0) is 4.74 Å². The topological polar surface area (TPSA) is 79.5 Å². The van der Waals surface area contributed by atoms with E-state index in [-0.39, 0.29) is 36.8 Å². The van der Waals surface area contributed by atoms with Gasteiger partial charge in [-0.25, -0.2) is 9.18 Å². The van der Waals surface area contributed by atoms with Crippen molar-refractivity contribution in [2.45, 2.75) is 37.8 Å². The third-order valence-electron chi connectivity index (χ3n) is 4.61. The normalized spacial score (nSPS) is 22.9. The van der Waals surface area contributed by atoms with Gasteiger partial charge in [0.15, 0.2) is 0 Å². The Balaban J connectivity index is 1.32. The molecule has 136 valence electrons. The predicted octanol–water partition coefficient (Wildman–Crippen LogP) is 1.81. The molecule has 1 heterocycles. The van der Waals surface area contributed by atoms with E-state index in [1.165, 1.54) is 31.0 Å². The SMILES string of the molecule is O=C(NCCNC(=O)c1ccccc1F)N[C@H]1CCO[C@H](C2CC2)C1. The van der Waals surface area contributed by atoms with Crippen molar-refractivity contribution in [1.29, 1.82) is 0 Å². The summed E-state index contributed by atoms with van der Waals surface area (Å²) in [6.07, 6.45) is 4.42. The highest BCUT2D eigenvalue weighted by molar-refractivity contribution is 5.94. The number of halogens is 1. The molecule has 0 unspecified atom stereocenters. The third-order valence-corrected chi connectivity index (χ3v) is 4.61. The zero-order chi connectivity index (χ0) is 17.6. The third kappa shape index (κ3) is 5.16. The molecule has 3 N–H and O–H groups in total. The highest BCUT2D eigenvalue weighted by atomic mass is 19.1. The molecule has 2 fully saturated rings. The van der Waals surface area contributed by atoms with Crippen molar-refractivity contribution in [3.8, 4) is 0 Å². The number of hydrogen-bond donors (Lipinski definition) is 3. The molecule has 0 spiro atoms. The predicted molar refractivity (Wildman–Crippen MR) is 90.8 cm³/mol. The summed E-state index contributed by atoms with van der Waals surface area (Å²) in [5.41, 5.74) is 0.000255. The highest BCUT2D eigenvalue weighted by Gasteiger charge is 2.36. The van der Waals surface area contributed by atoms with Crippen LogP contribution in [0.25, 0.3) is 0 Å². The first-order valence-electron chi connectivity index (χ1n) is 8.82. The zero-order valence-electron chi connectivity index (χ0n) is 14.1. The van der Waals surface area contributed by atoms with Crippen molar-refractivity contribution in [3.63, 3.8) is 0 Å². The van der Waals surface area contributed by atoms with E-state index in [1.807, 2.05) is 0 Å². The number of benzene rings is 1. The molecular weight excluding hydrogens is 325 g/mol. The van der Waals surface area contributed by atoms with E-state index in [9.17, 15) is 14.0 Å². The van der Waals surface area contributed by atoms with Crippen LogP contribution < -0.4 is 16.0 Å². The van der Waals surface area contributed by atoms with Gasteiger partial charge in [-0.3, -0.25) is 4.79 Å². The van der Waals surface area contributed by atoms with Gasteiger partial charge >= 0.3 is 6.03 Å². The Morgan fingerprint density at radius 2 is 1.88 bits per heavy atom. The maximum Gasteiger partial charge on any atom is 0.315 e. The second kappa shape index (κ2) is 8.29. The van der Waals surface area contributed by atoms with Crippen LogP contribution >= 0.6 is 0 Å². The van der Waals surface area contributed by atoms with Crippen molar-refractivity contribution in [2.24, 2.45) is 5.92 Å². The maximum absolute atomic E-state index is 13.5. The molecule has 1 aliphatic heterocycles. The minimum Gasteiger partial charge on any atom is -0.378 e. The smallest absolute Gasteiger partial charge is 0.315 e. The Bertz CT molecular complexity index is 621. The van der Waals surface area contributed by atoms with E-state index in [0.29, 0.717) is 12.5 Å². The van der Waals surface area contributed by atoms with Gasteiger partial charge < -0.3 is 20.7 Å². The summed E-state index contributed by atoms with van der Waals surface area (Å²) in [6, 6.07) is 5.68. The van der Waals surface area contributed by atoms with E-state index in [4.69, 9.17) is 4.74 Å². The van der Waals surface area contributed by atoms with E-state index < -0.39 is 11.7 Å². The molecule has 0 bridgehead atoms. The molecule has 0 aromatic heterocycles. The lowest BCUT2D eigenvalue weighted by molar-refractivity contribution is -0.00913. The summed E-state index contributed by atoms with van der Waals surface area (Å²) in [5.74, 6) is -0.381. The zero-order valence-corrected chi connectivity index (χ0v) is 14.1. The number of carbonyl (C=O) groups excluding carboxylic acids is 2. The van der Waals surface area contributed by atoms with E-state index in [2.05, 4.69) is 16.0 Å². The molecule has 1 aliphatic carbocycles. The number of rotatable bonds is 6. The summed E-state index contributed by atoms with van der Waals surface area (Å²) in [4.78, 5) is 23.8. The van der Waals surface area contributed by atoms with E-state index >= 15 is 0 Å². The monoisotopic (exact) mass is 349 g/mol. The number of hydrogen-bond acceptors (Lipinski definition) is 3. The lowest BCUT2D eigenvalue weighted by Crippen LogP contribution is -2.48. The van der Waals surface area contributed by atoms with Crippen LogP contribution in [0.3, 0.4) is 0 Å². The van der Waals surface area contributed by atoms with Crippen LogP contribution in [0.15, 0.2) is 24.3 Å². The Labute approximate surface area is 146 Å². The fraction of sp³-hybridized carbons (Fsp3) is 0.556. The number of urea groups is 1. The van der Waals surface area contributed by atoms with Crippen molar-refractivity contribution >= 4 is 11.9 Å². The molecule has 0 radical (unpaired) electrons. The van der Waals surface area contributed by atoms with Crippen LogP contribution in [0.5, 0.6) is 0 Å². The minimum atomic E-state index is -0.560. The summed E-state index contributed by atoms with van der Waals surface area (Å²) in [7, 11) is 0. The standard InChI is InChI=1S/C18H24FN3O3/c19-15-4-2-1-3-14(15)17(23)20-8-9-21-18(24)22-13-7-10-25-16(11-13)12-5-6-12/h1-4,12-13,16H,5-11H2,(H,20,23)(H2,21,22,24)/t13-,16-/m0/s1. The van der Waals surface area contributed by atoms with Crippen molar-refractivity contribution in [1.82, 2.24) is 16.0 Å². The molecule has 3 rings (SSSR count). The van der Waals surface area contributed by atoms with Gasteiger partial charge in [-0.1, -0.05) is 12.1 Å². The molecule has 2 atom stereocenters. The van der Waals surface area contributed by atoms with Crippen LogP contribution in [-0.4, -0.2) is 43.8 Å². The molecule has 1 saturated heterocycles. The van der Waals surface area contributed by atoms with Crippen molar-refractivity contribution in [2.75, 3.05) is 19.7 Å². The molecule has 25 heavy (non-hydrogen) atoms. The van der Waals surface area contributed by atoms with Gasteiger partial charge in [0, 0.05) is 25.7 Å². The van der Waals surface area contributed by atoms with Crippen molar-refractivity contribution in [3.05, 3.63) is 35.6 Å². The number of carbonyl (C=O) groups is 2. The van der Waals surface area contributed by atoms with Gasteiger partial charge in [-0.15, -0.1) is 0 Å². The first-order valence-corrected chi connectivity index (χ1v) is 8.82. The maximum atomic E-state index is 13.5. The Morgan fingerprint density at radius 1 is 1.12 bits per heavy atom. The van der Waals surface area contributed by atoms with Crippen LogP contribution in [0.4, 0.5) is 9.18 Å². The number of nitrogens with one attached hydrogen (secondary N) is 3. The fourth-order valence-corrected chi connectivity index (χ4v) is 3.08. The number of amides is 3. The molecule has 1 aromatic carbocycles. The largest absolute Gasteiger partial charge is 0.378 e. The number of ether oxygens (including phenoxy) is 1. The molecule has 6 nitrogen and oxygen atoms in total. The van der Waals surface area contributed by atoms with Gasteiger partial charge in [0.2, 0.25) is 0 Å². The van der Waals surface area contributed by atoms with Gasteiger partial charge in [-0.2, -0.15) is 0 Å². The van der Waals surface area contributed by atoms with Crippen LogP contribution in [0.1, 0.15) is 36.0 Å². The summed E-state index contributed by atoms with van der Waals surface area (Å²) >= 11 is 0. The summed E-state index contributed by atoms with van der Waals surface area (Å²) < 4.78 is 19.2. The average Bonchev–Trinajstić information content (AvgIpc) is 3.44. The Hall–Kier alpha value is -2.15. The van der Waals surface area contributed by atoms with E-state index in [0.717, 1.165) is 12.8 Å². The Kier molecular flexibility index (Phi) is 5.86. The minimum absolute atomic E-state index is 0.000255. The molecule has 1 saturated carbocycles. The van der Waals surface area contributed by atoms with Gasteiger partial charge in [-0.05, 0) is 43.7 Å². The second-order valence-corrected chi connectivity index (χ2v) is 6.60. The van der Waals surface area contributed by atoms with Gasteiger partial charge in [0.05, 0.1) is 11.7 Å². The lowest BCUT2D eigenvalue weighted by atomic mass is 10.0. The van der Waals surface area contributed by atoms with Crippen LogP contribution in [0, 0.1) is 11.7 Å². The Morgan fingerprint density at radius 3 is 2.64 bits per heavy atom. The highest BCUT2D eigenvalue weighted by Crippen LogP contribution is 2.38. The van der Waals surface area contributed by atoms with Gasteiger partial charge in [0.1, 0.15) is 5.82 Å². The van der Waals surface area contributed by atoms with Crippen molar-refractivity contribution < 1.29 is 18.7 Å². The second-order valence-electron chi connectivity index (χ2n) is 6.60. The molecule has 1 aromatic rings. The molecule has 2 aliphatic rings. The summed E-state index contributed by atoms with van der Waals surface area (Å²) in [6.45, 7) is 1.20. The van der Waals surface area contributed by atoms with Gasteiger partial charge in [0.25, 0.3) is 5.91 Å². The first-order chi connectivity index (χ1) is 12.1. The average molecular weight is 349 g/mol. The quantitative estimate of drug-likeness (QED) is 0.686. The lowest BCUT2D eigenvalue weighted by Gasteiger charge is -2.30. The molecule has 7 heteroatoms. The fourth-order valence-electron chi connectivity index (χ4n) is 3.08. The molecule has 3 amide bonds. The first kappa shape index (κ1) is 17.7. The van der Waals surface area contributed by atoms with Crippen LogP contribution in [0.2, 0.25) is 0 Å². The molecular formula is C18H24FN3O3.